The van der Waals surface area contributed by atoms with Gasteiger partial charge in [0, 0.05) is 6.20 Å². The molecule has 1 aromatic rings. The molecule has 0 aromatic carbocycles. The van der Waals surface area contributed by atoms with Crippen molar-refractivity contribution >= 4 is 17.3 Å². The zero-order chi connectivity index (χ0) is 10.0. The van der Waals surface area contributed by atoms with Crippen molar-refractivity contribution in [1.82, 2.24) is 4.98 Å². The van der Waals surface area contributed by atoms with E-state index in [1.807, 2.05) is 0 Å². The Morgan fingerprint density at radius 3 is 2.69 bits per heavy atom. The molecule has 0 unspecified atom stereocenters. The van der Waals surface area contributed by atoms with Crippen LogP contribution in [0.3, 0.4) is 0 Å². The Morgan fingerprint density at radius 1 is 1.62 bits per heavy atom. The lowest BCUT2D eigenvalue weighted by molar-refractivity contribution is 0.150. The molecule has 3 nitrogen and oxygen atoms in total. The minimum Gasteiger partial charge on any atom is -0.395 e. The first-order valence-corrected chi connectivity index (χ1v) is 3.57. The van der Waals surface area contributed by atoms with E-state index < -0.39 is 12.0 Å². The Hall–Kier alpha value is -1.41. The highest BCUT2D eigenvalue weighted by molar-refractivity contribution is 6.32. The molecule has 0 atom stereocenters. The minimum atomic E-state index is -2.78. The number of nitriles is 1. The van der Waals surface area contributed by atoms with E-state index in [2.05, 4.69) is 4.98 Å². The number of anilines is 1. The molecule has 1 rings (SSSR count). The van der Waals surface area contributed by atoms with Crippen LogP contribution < -0.4 is 5.73 Å². The molecule has 13 heavy (non-hydrogen) atoms. The van der Waals surface area contributed by atoms with Gasteiger partial charge in [-0.2, -0.15) is 5.26 Å². The Morgan fingerprint density at radius 2 is 2.23 bits per heavy atom. The van der Waals surface area contributed by atoms with Gasteiger partial charge in [0.05, 0.1) is 16.8 Å². The van der Waals surface area contributed by atoms with Crippen LogP contribution in [0.5, 0.6) is 0 Å². The molecule has 0 saturated heterocycles. The summed E-state index contributed by atoms with van der Waals surface area (Å²) in [6.07, 6.45) is -1.93. The van der Waals surface area contributed by atoms with E-state index >= 15 is 0 Å². The molecule has 0 radical (unpaired) electrons. The van der Waals surface area contributed by atoms with Crippen molar-refractivity contribution in [2.24, 2.45) is 0 Å². The van der Waals surface area contributed by atoms with Gasteiger partial charge in [-0.3, -0.25) is 0 Å². The third-order valence-corrected chi connectivity index (χ3v) is 1.75. The Bertz CT molecular complexity index is 373. The third-order valence-electron chi connectivity index (χ3n) is 1.44. The smallest absolute Gasteiger partial charge is 0.266 e. The lowest BCUT2D eigenvalue weighted by Crippen LogP contribution is -2.00. The van der Waals surface area contributed by atoms with Crippen molar-refractivity contribution in [2.75, 3.05) is 5.73 Å². The highest BCUT2D eigenvalue weighted by Crippen LogP contribution is 2.29. The molecule has 0 aliphatic carbocycles. The van der Waals surface area contributed by atoms with Gasteiger partial charge in [0.25, 0.3) is 6.43 Å². The summed E-state index contributed by atoms with van der Waals surface area (Å²) in [4.78, 5) is 3.42. The largest absolute Gasteiger partial charge is 0.395 e. The molecule has 0 spiro atoms. The SMILES string of the molecule is N#Cc1c(C(F)F)cnc(Cl)c1N. The summed E-state index contributed by atoms with van der Waals surface area (Å²) in [7, 11) is 0. The van der Waals surface area contributed by atoms with Gasteiger partial charge in [-0.1, -0.05) is 11.6 Å². The number of pyridine rings is 1. The molecule has 0 amide bonds. The van der Waals surface area contributed by atoms with Crippen LogP contribution in [0.2, 0.25) is 5.15 Å². The van der Waals surface area contributed by atoms with Gasteiger partial charge in [0.15, 0.2) is 5.15 Å². The number of hydrogen-bond acceptors (Lipinski definition) is 3. The van der Waals surface area contributed by atoms with Gasteiger partial charge in [0.2, 0.25) is 0 Å². The Balaban J connectivity index is 3.41. The van der Waals surface area contributed by atoms with Gasteiger partial charge in [-0.15, -0.1) is 0 Å². The van der Waals surface area contributed by atoms with Crippen LogP contribution >= 0.6 is 11.6 Å². The number of alkyl halides is 2. The van der Waals surface area contributed by atoms with E-state index in [1.54, 1.807) is 6.07 Å². The van der Waals surface area contributed by atoms with Gasteiger partial charge >= 0.3 is 0 Å². The first kappa shape index (κ1) is 9.68. The quantitative estimate of drug-likeness (QED) is 0.711. The number of nitrogens with zero attached hydrogens (tertiary/aromatic N) is 2. The maximum Gasteiger partial charge on any atom is 0.266 e. The standard InChI is InChI=1S/C7H4ClF2N3/c8-6-5(12)3(1-11)4(2-13-6)7(9)10/h2,7H,12H2. The van der Waals surface area contributed by atoms with E-state index in [0.717, 1.165) is 6.20 Å². The van der Waals surface area contributed by atoms with Crippen LogP contribution in [-0.2, 0) is 0 Å². The molecule has 1 aromatic heterocycles. The minimum absolute atomic E-state index is 0.138. The zero-order valence-electron chi connectivity index (χ0n) is 6.26. The van der Waals surface area contributed by atoms with E-state index in [-0.39, 0.29) is 16.4 Å². The number of hydrogen-bond donors (Lipinski definition) is 1. The molecule has 2 N–H and O–H groups in total. The highest BCUT2D eigenvalue weighted by Gasteiger charge is 2.17. The summed E-state index contributed by atoms with van der Waals surface area (Å²) in [6.45, 7) is 0. The molecule has 0 bridgehead atoms. The fourth-order valence-electron chi connectivity index (χ4n) is 0.809. The molecule has 0 fully saturated rings. The van der Waals surface area contributed by atoms with Crippen molar-refractivity contribution in [1.29, 1.82) is 5.26 Å². The summed E-state index contributed by atoms with van der Waals surface area (Å²) in [5.41, 5.74) is 4.27. The highest BCUT2D eigenvalue weighted by atomic mass is 35.5. The van der Waals surface area contributed by atoms with Gasteiger partial charge in [0.1, 0.15) is 6.07 Å². The molecule has 1 heterocycles. The van der Waals surface area contributed by atoms with Gasteiger partial charge in [-0.25, -0.2) is 13.8 Å². The summed E-state index contributed by atoms with van der Waals surface area (Å²) >= 11 is 5.44. The molecular weight excluding hydrogens is 200 g/mol. The average molecular weight is 204 g/mol. The molecule has 0 aliphatic rings. The van der Waals surface area contributed by atoms with E-state index in [0.29, 0.717) is 0 Å². The molecular formula is C7H4ClF2N3. The van der Waals surface area contributed by atoms with E-state index in [4.69, 9.17) is 22.6 Å². The molecule has 0 saturated carbocycles. The van der Waals surface area contributed by atoms with Crippen molar-refractivity contribution < 1.29 is 8.78 Å². The van der Waals surface area contributed by atoms with Crippen molar-refractivity contribution in [3.05, 3.63) is 22.5 Å². The first-order chi connectivity index (χ1) is 6.07. The lowest BCUT2D eigenvalue weighted by atomic mass is 10.1. The summed E-state index contributed by atoms with van der Waals surface area (Å²) in [5, 5.41) is 8.38. The fourth-order valence-corrected chi connectivity index (χ4v) is 0.952. The van der Waals surface area contributed by atoms with Crippen LogP contribution in [-0.4, -0.2) is 4.98 Å². The lowest BCUT2D eigenvalue weighted by Gasteiger charge is -2.05. The molecule has 0 aliphatic heterocycles. The van der Waals surface area contributed by atoms with Crippen molar-refractivity contribution in [3.63, 3.8) is 0 Å². The predicted molar refractivity (Wildman–Crippen MR) is 43.3 cm³/mol. The van der Waals surface area contributed by atoms with Crippen LogP contribution in [0.1, 0.15) is 17.6 Å². The number of nitrogens with two attached hydrogens (primary N) is 1. The number of nitrogen functional groups attached to an aromatic ring is 1. The van der Waals surface area contributed by atoms with Crippen molar-refractivity contribution in [2.45, 2.75) is 6.43 Å². The number of aromatic nitrogens is 1. The predicted octanol–water partition coefficient (Wildman–Crippen LogP) is 2.13. The molecule has 68 valence electrons. The fraction of sp³-hybridized carbons (Fsp3) is 0.143. The zero-order valence-corrected chi connectivity index (χ0v) is 7.02. The summed E-state index contributed by atoms with van der Waals surface area (Å²) in [5.74, 6) is 0. The number of halogens is 3. The second-order valence-corrected chi connectivity index (χ2v) is 2.56. The van der Waals surface area contributed by atoms with Gasteiger partial charge < -0.3 is 5.73 Å². The van der Waals surface area contributed by atoms with Gasteiger partial charge in [-0.05, 0) is 0 Å². The normalized spacial score (nSPS) is 10.1. The average Bonchev–Trinajstić information content (AvgIpc) is 2.09. The van der Waals surface area contributed by atoms with Crippen LogP contribution in [0.4, 0.5) is 14.5 Å². The Labute approximate surface area is 77.7 Å². The monoisotopic (exact) mass is 203 g/mol. The van der Waals surface area contributed by atoms with Crippen LogP contribution in [0.25, 0.3) is 0 Å². The Kier molecular flexibility index (Phi) is 2.63. The second kappa shape index (κ2) is 3.54. The van der Waals surface area contributed by atoms with E-state index in [9.17, 15) is 8.78 Å². The van der Waals surface area contributed by atoms with E-state index in [1.165, 1.54) is 0 Å². The second-order valence-electron chi connectivity index (χ2n) is 2.21. The summed E-state index contributed by atoms with van der Waals surface area (Å²) < 4.78 is 24.5. The summed E-state index contributed by atoms with van der Waals surface area (Å²) in [6, 6.07) is 1.56. The topological polar surface area (TPSA) is 62.7 Å². The third kappa shape index (κ3) is 1.68. The maximum absolute atomic E-state index is 12.2. The number of rotatable bonds is 1. The van der Waals surface area contributed by atoms with Crippen molar-refractivity contribution in [3.8, 4) is 6.07 Å². The first-order valence-electron chi connectivity index (χ1n) is 3.20. The molecule has 6 heteroatoms. The van der Waals surface area contributed by atoms with Crippen LogP contribution in [0.15, 0.2) is 6.20 Å². The maximum atomic E-state index is 12.2. The van der Waals surface area contributed by atoms with Crippen LogP contribution in [0, 0.1) is 11.3 Å².